The Labute approximate surface area is 80.6 Å². The Balaban J connectivity index is 2.39. The van der Waals surface area contributed by atoms with Crippen molar-refractivity contribution in [2.24, 2.45) is 0 Å². The van der Waals surface area contributed by atoms with Crippen LogP contribution in [-0.2, 0) is 4.79 Å². The minimum atomic E-state index is 0.625. The minimum Gasteiger partial charge on any atom is -0.303 e. The van der Waals surface area contributed by atoms with E-state index in [0.717, 1.165) is 25.7 Å². The molecule has 2 nitrogen and oxygen atoms in total. The number of hydrogen-bond donors (Lipinski definition) is 0. The van der Waals surface area contributed by atoms with E-state index >= 15 is 0 Å². The van der Waals surface area contributed by atoms with E-state index in [4.69, 9.17) is 0 Å². The fourth-order valence-corrected chi connectivity index (χ4v) is 1.71. The average Bonchev–Trinajstić information content (AvgIpc) is 2.15. The zero-order valence-corrected chi connectivity index (χ0v) is 8.62. The van der Waals surface area contributed by atoms with E-state index in [2.05, 4.69) is 24.8 Å². The molecule has 0 unspecified atom stereocenters. The second-order valence-electron chi connectivity index (χ2n) is 3.92. The van der Waals surface area contributed by atoms with Crippen LogP contribution in [-0.4, -0.2) is 30.3 Å². The molecule has 1 aliphatic heterocycles. The summed E-state index contributed by atoms with van der Waals surface area (Å²) >= 11 is 0. The molecule has 0 radical (unpaired) electrons. The Hall–Kier alpha value is -0.630. The summed E-state index contributed by atoms with van der Waals surface area (Å²) in [5.41, 5.74) is 1.44. The van der Waals surface area contributed by atoms with E-state index in [-0.39, 0.29) is 0 Å². The summed E-state index contributed by atoms with van der Waals surface area (Å²) in [6.07, 6.45) is 6.08. The van der Waals surface area contributed by atoms with Gasteiger partial charge in [-0.2, -0.15) is 0 Å². The quantitative estimate of drug-likeness (QED) is 0.488. The maximum Gasteiger partial charge on any atom is 0.120 e. The summed E-state index contributed by atoms with van der Waals surface area (Å²) in [5, 5.41) is 0. The normalized spacial score (nSPS) is 18.8. The molecular formula is C11H19NO. The van der Waals surface area contributed by atoms with Gasteiger partial charge in [0.2, 0.25) is 0 Å². The Morgan fingerprint density at radius 3 is 3.00 bits per heavy atom. The molecule has 1 rings (SSSR count). The Kier molecular flexibility index (Phi) is 4.16. The largest absolute Gasteiger partial charge is 0.303 e. The van der Waals surface area contributed by atoms with Crippen LogP contribution in [0.4, 0.5) is 0 Å². The van der Waals surface area contributed by atoms with Crippen molar-refractivity contribution in [3.8, 4) is 0 Å². The molecule has 1 heterocycles. The number of carbonyl (C=O) groups is 1. The van der Waals surface area contributed by atoms with Crippen molar-refractivity contribution in [3.05, 3.63) is 11.6 Å². The molecule has 0 aromatic carbocycles. The summed E-state index contributed by atoms with van der Waals surface area (Å²) in [4.78, 5) is 12.7. The predicted octanol–water partition coefficient (Wildman–Crippen LogP) is 2.01. The molecule has 0 aromatic rings. The molecule has 1 aliphatic rings. The number of aldehydes is 1. The maximum absolute atomic E-state index is 10.2. The Bertz CT molecular complexity index is 196. The van der Waals surface area contributed by atoms with Gasteiger partial charge in [-0.25, -0.2) is 0 Å². The molecule has 0 bridgehead atoms. The van der Waals surface area contributed by atoms with Crippen molar-refractivity contribution in [2.75, 3.05) is 13.1 Å². The molecule has 13 heavy (non-hydrogen) atoms. The van der Waals surface area contributed by atoms with E-state index in [1.54, 1.807) is 0 Å². The highest BCUT2D eigenvalue weighted by Crippen LogP contribution is 2.15. The first kappa shape index (κ1) is 10.5. The Morgan fingerprint density at radius 1 is 1.62 bits per heavy atom. The standard InChI is InChI=1S/C11H19NO/c1-10(2)12-7-3-5-11(9-12)6-4-8-13/h5,8,10H,3-4,6-7,9H2,1-2H3. The van der Waals surface area contributed by atoms with E-state index in [1.165, 1.54) is 12.1 Å². The van der Waals surface area contributed by atoms with Crippen LogP contribution < -0.4 is 0 Å². The summed E-state index contributed by atoms with van der Waals surface area (Å²) < 4.78 is 0. The number of rotatable bonds is 4. The zero-order chi connectivity index (χ0) is 9.68. The van der Waals surface area contributed by atoms with E-state index in [9.17, 15) is 4.79 Å². The van der Waals surface area contributed by atoms with Gasteiger partial charge in [-0.1, -0.05) is 11.6 Å². The SMILES string of the molecule is CC(C)N1CCC=C(CCC=O)C1. The summed E-state index contributed by atoms with van der Waals surface area (Å²) in [6.45, 7) is 6.68. The molecule has 0 aromatic heterocycles. The van der Waals surface area contributed by atoms with Crippen LogP contribution >= 0.6 is 0 Å². The van der Waals surface area contributed by atoms with E-state index < -0.39 is 0 Å². The lowest BCUT2D eigenvalue weighted by molar-refractivity contribution is -0.107. The van der Waals surface area contributed by atoms with Gasteiger partial charge in [0.25, 0.3) is 0 Å². The molecule has 0 atom stereocenters. The topological polar surface area (TPSA) is 20.3 Å². The molecule has 0 aliphatic carbocycles. The van der Waals surface area contributed by atoms with Crippen LogP contribution in [0.3, 0.4) is 0 Å². The summed E-state index contributed by atoms with van der Waals surface area (Å²) in [5.74, 6) is 0. The number of carbonyl (C=O) groups excluding carboxylic acids is 1. The molecule has 0 fully saturated rings. The second kappa shape index (κ2) is 5.18. The highest BCUT2D eigenvalue weighted by atomic mass is 16.1. The van der Waals surface area contributed by atoms with Crippen LogP contribution in [0.2, 0.25) is 0 Å². The summed E-state index contributed by atoms with van der Waals surface area (Å²) in [6, 6.07) is 0.625. The van der Waals surface area contributed by atoms with Crippen molar-refractivity contribution in [1.82, 2.24) is 4.90 Å². The second-order valence-corrected chi connectivity index (χ2v) is 3.92. The molecule has 0 saturated carbocycles. The zero-order valence-electron chi connectivity index (χ0n) is 8.62. The van der Waals surface area contributed by atoms with Gasteiger partial charge in [0, 0.05) is 25.6 Å². The van der Waals surface area contributed by atoms with Crippen molar-refractivity contribution in [1.29, 1.82) is 0 Å². The third-order valence-electron chi connectivity index (χ3n) is 2.57. The first-order chi connectivity index (χ1) is 6.24. The fraction of sp³-hybridized carbons (Fsp3) is 0.727. The Morgan fingerprint density at radius 2 is 2.38 bits per heavy atom. The third-order valence-corrected chi connectivity index (χ3v) is 2.57. The van der Waals surface area contributed by atoms with Crippen LogP contribution in [0.15, 0.2) is 11.6 Å². The number of hydrogen-bond acceptors (Lipinski definition) is 2. The highest BCUT2D eigenvalue weighted by Gasteiger charge is 2.14. The lowest BCUT2D eigenvalue weighted by Crippen LogP contribution is -2.35. The summed E-state index contributed by atoms with van der Waals surface area (Å²) in [7, 11) is 0. The monoisotopic (exact) mass is 181 g/mol. The van der Waals surface area contributed by atoms with Gasteiger partial charge in [-0.05, 0) is 26.7 Å². The van der Waals surface area contributed by atoms with Gasteiger partial charge in [-0.15, -0.1) is 0 Å². The van der Waals surface area contributed by atoms with Crippen LogP contribution in [0.25, 0.3) is 0 Å². The van der Waals surface area contributed by atoms with Crippen molar-refractivity contribution in [3.63, 3.8) is 0 Å². The fourth-order valence-electron chi connectivity index (χ4n) is 1.71. The predicted molar refractivity (Wildman–Crippen MR) is 54.7 cm³/mol. The molecule has 0 amide bonds. The molecule has 74 valence electrons. The van der Waals surface area contributed by atoms with Crippen molar-refractivity contribution < 1.29 is 4.79 Å². The smallest absolute Gasteiger partial charge is 0.120 e. The van der Waals surface area contributed by atoms with E-state index in [1.807, 2.05) is 0 Å². The molecule has 0 N–H and O–H groups in total. The van der Waals surface area contributed by atoms with Gasteiger partial charge < -0.3 is 4.79 Å². The van der Waals surface area contributed by atoms with Gasteiger partial charge in [-0.3, -0.25) is 4.90 Å². The molecule has 0 spiro atoms. The lowest BCUT2D eigenvalue weighted by atomic mass is 10.0. The minimum absolute atomic E-state index is 0.625. The van der Waals surface area contributed by atoms with Crippen LogP contribution in [0.5, 0.6) is 0 Å². The first-order valence-corrected chi connectivity index (χ1v) is 5.09. The van der Waals surface area contributed by atoms with Gasteiger partial charge >= 0.3 is 0 Å². The van der Waals surface area contributed by atoms with Crippen LogP contribution in [0, 0.1) is 0 Å². The molecule has 0 saturated heterocycles. The maximum atomic E-state index is 10.2. The highest BCUT2D eigenvalue weighted by molar-refractivity contribution is 5.49. The third kappa shape index (κ3) is 3.31. The van der Waals surface area contributed by atoms with Crippen molar-refractivity contribution >= 4 is 6.29 Å². The lowest BCUT2D eigenvalue weighted by Gasteiger charge is -2.30. The van der Waals surface area contributed by atoms with Gasteiger partial charge in [0.05, 0.1) is 0 Å². The number of nitrogens with zero attached hydrogens (tertiary/aromatic N) is 1. The van der Waals surface area contributed by atoms with Gasteiger partial charge in [0.1, 0.15) is 6.29 Å². The van der Waals surface area contributed by atoms with Crippen LogP contribution in [0.1, 0.15) is 33.1 Å². The first-order valence-electron chi connectivity index (χ1n) is 5.09. The molecule has 2 heteroatoms. The van der Waals surface area contributed by atoms with Gasteiger partial charge in [0.15, 0.2) is 0 Å². The van der Waals surface area contributed by atoms with E-state index in [0.29, 0.717) is 12.5 Å². The van der Waals surface area contributed by atoms with Crippen molar-refractivity contribution in [2.45, 2.75) is 39.2 Å². The average molecular weight is 181 g/mol. The molecular weight excluding hydrogens is 162 g/mol.